The number of thiol groups is 1. The van der Waals surface area contributed by atoms with Crippen molar-refractivity contribution in [2.45, 2.75) is 25.4 Å². The Hall–Kier alpha value is -1.17. The van der Waals surface area contributed by atoms with Gasteiger partial charge in [0.25, 0.3) is 0 Å². The lowest BCUT2D eigenvalue weighted by Gasteiger charge is -2.19. The monoisotopic (exact) mass is 266 g/mol. The quantitative estimate of drug-likeness (QED) is 0.370. The van der Waals surface area contributed by atoms with Crippen LogP contribution in [0.2, 0.25) is 0 Å². The van der Waals surface area contributed by atoms with Crippen molar-refractivity contribution in [1.29, 1.82) is 0 Å². The molecule has 0 bridgehead atoms. The van der Waals surface area contributed by atoms with Crippen LogP contribution in [0.5, 0.6) is 0 Å². The molecule has 2 atom stereocenters. The standard InChI is InChI=1S/C13H18N2O2S/c1-10(17)13(15-14-12(8-16)9-18)7-11-5-3-2-4-6-11/h2-6,8,12-15,18H,7,9H2,1H3/t12-,13+/m1/s1. The first-order valence-electron chi connectivity index (χ1n) is 5.79. The topological polar surface area (TPSA) is 58.2 Å². The predicted octanol–water partition coefficient (Wildman–Crippen LogP) is 0.778. The number of carbonyl (C=O) groups excluding carboxylic acids is 2. The molecule has 18 heavy (non-hydrogen) atoms. The minimum Gasteiger partial charge on any atom is -0.302 e. The van der Waals surface area contributed by atoms with E-state index in [1.807, 2.05) is 30.3 Å². The van der Waals surface area contributed by atoms with E-state index in [4.69, 9.17) is 0 Å². The van der Waals surface area contributed by atoms with E-state index >= 15 is 0 Å². The van der Waals surface area contributed by atoms with E-state index in [0.29, 0.717) is 12.2 Å². The molecule has 0 aromatic heterocycles. The van der Waals surface area contributed by atoms with Crippen molar-refractivity contribution < 1.29 is 9.59 Å². The van der Waals surface area contributed by atoms with Crippen molar-refractivity contribution in [3.8, 4) is 0 Å². The number of hydrogen-bond donors (Lipinski definition) is 3. The third kappa shape index (κ3) is 5.00. The molecule has 0 aliphatic carbocycles. The van der Waals surface area contributed by atoms with Gasteiger partial charge >= 0.3 is 0 Å². The minimum atomic E-state index is -0.397. The van der Waals surface area contributed by atoms with Gasteiger partial charge in [-0.05, 0) is 18.9 Å². The van der Waals surface area contributed by atoms with E-state index in [9.17, 15) is 9.59 Å². The van der Waals surface area contributed by atoms with Crippen LogP contribution in [-0.2, 0) is 16.0 Å². The maximum Gasteiger partial charge on any atom is 0.148 e. The fraction of sp³-hybridized carbons (Fsp3) is 0.385. The van der Waals surface area contributed by atoms with Crippen molar-refractivity contribution >= 4 is 24.7 Å². The van der Waals surface area contributed by atoms with Gasteiger partial charge in [0, 0.05) is 5.75 Å². The summed E-state index contributed by atoms with van der Waals surface area (Å²) in [5.41, 5.74) is 6.77. The highest BCUT2D eigenvalue weighted by atomic mass is 32.1. The first kappa shape index (κ1) is 14.9. The molecule has 2 N–H and O–H groups in total. The van der Waals surface area contributed by atoms with Gasteiger partial charge in [-0.15, -0.1) is 0 Å². The molecular formula is C13H18N2O2S. The summed E-state index contributed by atoms with van der Waals surface area (Å²) in [6.45, 7) is 1.53. The van der Waals surface area contributed by atoms with Crippen LogP contribution in [0.4, 0.5) is 0 Å². The Morgan fingerprint density at radius 1 is 1.33 bits per heavy atom. The van der Waals surface area contributed by atoms with E-state index in [2.05, 4.69) is 23.5 Å². The smallest absolute Gasteiger partial charge is 0.148 e. The number of aldehydes is 1. The molecule has 0 radical (unpaired) electrons. The van der Waals surface area contributed by atoms with Gasteiger partial charge in [-0.2, -0.15) is 12.6 Å². The van der Waals surface area contributed by atoms with Gasteiger partial charge in [0.2, 0.25) is 0 Å². The maximum absolute atomic E-state index is 11.5. The van der Waals surface area contributed by atoms with Crippen molar-refractivity contribution in [3.05, 3.63) is 35.9 Å². The van der Waals surface area contributed by atoms with Crippen molar-refractivity contribution in [3.63, 3.8) is 0 Å². The summed E-state index contributed by atoms with van der Waals surface area (Å²) in [4.78, 5) is 22.2. The number of hydrogen-bond acceptors (Lipinski definition) is 5. The van der Waals surface area contributed by atoms with Crippen molar-refractivity contribution in [1.82, 2.24) is 10.9 Å². The predicted molar refractivity (Wildman–Crippen MR) is 74.6 cm³/mol. The zero-order valence-electron chi connectivity index (χ0n) is 10.3. The highest BCUT2D eigenvalue weighted by Gasteiger charge is 2.15. The lowest BCUT2D eigenvalue weighted by molar-refractivity contribution is -0.119. The lowest BCUT2D eigenvalue weighted by atomic mass is 10.0. The molecule has 0 aliphatic heterocycles. The van der Waals surface area contributed by atoms with Gasteiger partial charge < -0.3 is 4.79 Å². The summed E-state index contributed by atoms with van der Waals surface area (Å²) in [5, 5.41) is 0. The van der Waals surface area contributed by atoms with E-state index < -0.39 is 6.04 Å². The van der Waals surface area contributed by atoms with Crippen molar-refractivity contribution in [2.75, 3.05) is 5.75 Å². The van der Waals surface area contributed by atoms with Gasteiger partial charge in [0.05, 0.1) is 12.1 Å². The van der Waals surface area contributed by atoms with Crippen LogP contribution in [0, 0.1) is 0 Å². The van der Waals surface area contributed by atoms with Crippen LogP contribution in [0.15, 0.2) is 30.3 Å². The Morgan fingerprint density at radius 3 is 2.50 bits per heavy atom. The van der Waals surface area contributed by atoms with E-state index in [0.717, 1.165) is 11.8 Å². The van der Waals surface area contributed by atoms with Gasteiger partial charge in [0.1, 0.15) is 12.1 Å². The molecule has 0 heterocycles. The summed E-state index contributed by atoms with van der Waals surface area (Å²) in [5.74, 6) is 0.405. The number of hydrazine groups is 1. The Labute approximate surface area is 113 Å². The number of ketones is 1. The Kier molecular flexibility index (Phi) is 6.64. The molecule has 5 heteroatoms. The molecule has 0 saturated carbocycles. The second-order valence-electron chi connectivity index (χ2n) is 4.07. The zero-order valence-corrected chi connectivity index (χ0v) is 11.2. The van der Waals surface area contributed by atoms with Crippen LogP contribution in [0.3, 0.4) is 0 Å². The maximum atomic E-state index is 11.5. The van der Waals surface area contributed by atoms with E-state index in [1.165, 1.54) is 6.92 Å². The van der Waals surface area contributed by atoms with Crippen LogP contribution in [-0.4, -0.2) is 29.9 Å². The second kappa shape index (κ2) is 8.02. The fourth-order valence-electron chi connectivity index (χ4n) is 1.48. The Morgan fingerprint density at radius 2 is 2.00 bits per heavy atom. The summed E-state index contributed by atoms with van der Waals surface area (Å²) >= 11 is 4.03. The molecule has 0 aliphatic rings. The van der Waals surface area contributed by atoms with Crippen LogP contribution in [0.25, 0.3) is 0 Å². The molecule has 1 rings (SSSR count). The summed E-state index contributed by atoms with van der Waals surface area (Å²) in [6.07, 6.45) is 1.35. The van der Waals surface area contributed by atoms with Gasteiger partial charge in [-0.3, -0.25) is 4.79 Å². The summed E-state index contributed by atoms with van der Waals surface area (Å²) in [6, 6.07) is 8.98. The van der Waals surface area contributed by atoms with Gasteiger partial charge in [-0.25, -0.2) is 10.9 Å². The van der Waals surface area contributed by atoms with E-state index in [-0.39, 0.29) is 11.8 Å². The normalized spacial score (nSPS) is 13.9. The molecule has 1 aromatic rings. The average molecular weight is 266 g/mol. The third-order valence-electron chi connectivity index (χ3n) is 2.58. The molecule has 4 nitrogen and oxygen atoms in total. The first-order valence-corrected chi connectivity index (χ1v) is 6.42. The van der Waals surface area contributed by atoms with Crippen molar-refractivity contribution in [2.24, 2.45) is 0 Å². The molecule has 0 spiro atoms. The fourth-order valence-corrected chi connectivity index (χ4v) is 1.65. The third-order valence-corrected chi connectivity index (χ3v) is 2.97. The van der Waals surface area contributed by atoms with E-state index in [1.54, 1.807) is 0 Å². The molecular weight excluding hydrogens is 248 g/mol. The zero-order chi connectivity index (χ0) is 13.4. The number of carbonyl (C=O) groups is 2. The van der Waals surface area contributed by atoms with Crippen LogP contribution < -0.4 is 10.9 Å². The Bertz CT molecular complexity index is 384. The van der Waals surface area contributed by atoms with Gasteiger partial charge in [0.15, 0.2) is 0 Å². The largest absolute Gasteiger partial charge is 0.302 e. The number of rotatable bonds is 8. The molecule has 0 unspecified atom stereocenters. The summed E-state index contributed by atoms with van der Waals surface area (Å²) in [7, 11) is 0. The molecule has 0 saturated heterocycles. The first-order chi connectivity index (χ1) is 8.67. The number of nitrogens with one attached hydrogen (secondary N) is 2. The average Bonchev–Trinajstić information content (AvgIpc) is 2.39. The van der Waals surface area contributed by atoms with Crippen LogP contribution in [0.1, 0.15) is 12.5 Å². The molecule has 0 amide bonds. The van der Waals surface area contributed by atoms with Gasteiger partial charge in [-0.1, -0.05) is 30.3 Å². The number of Topliss-reactive ketones (excluding diaryl/α,β-unsaturated/α-hetero) is 1. The summed E-state index contributed by atoms with van der Waals surface area (Å²) < 4.78 is 0. The molecule has 1 aromatic carbocycles. The number of benzene rings is 1. The second-order valence-corrected chi connectivity index (χ2v) is 4.43. The lowest BCUT2D eigenvalue weighted by Crippen LogP contribution is -2.51. The van der Waals surface area contributed by atoms with Crippen LogP contribution >= 0.6 is 12.6 Å². The SMILES string of the molecule is CC(=O)[C@H](Cc1ccccc1)NN[C@H](C=O)CS. The molecule has 98 valence electrons. The Balaban J connectivity index is 2.55. The highest BCUT2D eigenvalue weighted by Crippen LogP contribution is 2.03. The highest BCUT2D eigenvalue weighted by molar-refractivity contribution is 7.80. The minimum absolute atomic E-state index is 0.0233. The molecule has 0 fully saturated rings.